The summed E-state index contributed by atoms with van der Waals surface area (Å²) in [5.41, 5.74) is 0. The third-order valence-corrected chi connectivity index (χ3v) is 3.25. The van der Waals surface area contributed by atoms with Gasteiger partial charge in [0.05, 0.1) is 19.3 Å². The molecule has 1 rings (SSSR count). The van der Waals surface area contributed by atoms with Crippen LogP contribution < -0.4 is 10.6 Å². The van der Waals surface area contributed by atoms with E-state index < -0.39 is 12.0 Å². The molecule has 1 aliphatic rings. The third-order valence-electron chi connectivity index (χ3n) is 3.25. The number of ether oxygens (including phenoxy) is 2. The van der Waals surface area contributed by atoms with Crippen LogP contribution in [0.3, 0.4) is 0 Å². The summed E-state index contributed by atoms with van der Waals surface area (Å²) in [6, 6.07) is -0.884. The van der Waals surface area contributed by atoms with E-state index in [0.29, 0.717) is 25.3 Å². The molecule has 0 aliphatic carbocycles. The lowest BCUT2D eigenvalue weighted by Crippen LogP contribution is -2.49. The van der Waals surface area contributed by atoms with Gasteiger partial charge < -0.3 is 20.1 Å². The van der Waals surface area contributed by atoms with Gasteiger partial charge in [-0.1, -0.05) is 13.8 Å². The fraction of sp³-hybridized carbons (Fsp3) is 0.846. The van der Waals surface area contributed by atoms with Crippen LogP contribution >= 0.6 is 0 Å². The lowest BCUT2D eigenvalue weighted by molar-refractivity contribution is -0.145. The zero-order chi connectivity index (χ0) is 14.4. The first kappa shape index (κ1) is 15.9. The number of nitrogens with one attached hydrogen (secondary N) is 2. The van der Waals surface area contributed by atoms with Gasteiger partial charge in [-0.25, -0.2) is 4.79 Å². The highest BCUT2D eigenvalue weighted by atomic mass is 16.5. The average Bonchev–Trinajstić information content (AvgIpc) is 2.85. The summed E-state index contributed by atoms with van der Waals surface area (Å²) in [5, 5.41) is 5.84. The molecule has 2 N–H and O–H groups in total. The number of amides is 1. The summed E-state index contributed by atoms with van der Waals surface area (Å²) in [5.74, 6) is -0.272. The molecule has 19 heavy (non-hydrogen) atoms. The summed E-state index contributed by atoms with van der Waals surface area (Å²) in [6.45, 7) is 4.65. The first-order chi connectivity index (χ1) is 8.97. The van der Waals surface area contributed by atoms with E-state index in [9.17, 15) is 9.59 Å². The van der Waals surface area contributed by atoms with E-state index in [4.69, 9.17) is 9.47 Å². The van der Waals surface area contributed by atoms with E-state index in [2.05, 4.69) is 10.6 Å². The van der Waals surface area contributed by atoms with Crippen molar-refractivity contribution in [2.75, 3.05) is 20.8 Å². The second-order valence-electron chi connectivity index (χ2n) is 5.27. The van der Waals surface area contributed by atoms with Crippen LogP contribution in [0.15, 0.2) is 0 Å². The molecule has 1 amide bonds. The zero-order valence-corrected chi connectivity index (χ0v) is 12.1. The smallest absolute Gasteiger partial charge is 0.328 e. The van der Waals surface area contributed by atoms with Crippen molar-refractivity contribution in [2.24, 2.45) is 5.92 Å². The summed E-state index contributed by atoms with van der Waals surface area (Å²) >= 11 is 0. The molecule has 2 unspecified atom stereocenters. The number of rotatable bonds is 6. The van der Waals surface area contributed by atoms with E-state index in [1.54, 1.807) is 7.11 Å². The molecule has 1 heterocycles. The van der Waals surface area contributed by atoms with Crippen LogP contribution in [0, 0.1) is 5.92 Å². The number of esters is 1. The minimum Gasteiger partial charge on any atom is -0.467 e. The van der Waals surface area contributed by atoms with Crippen molar-refractivity contribution in [3.8, 4) is 0 Å². The fourth-order valence-corrected chi connectivity index (χ4v) is 2.18. The van der Waals surface area contributed by atoms with E-state index >= 15 is 0 Å². The van der Waals surface area contributed by atoms with Crippen molar-refractivity contribution in [2.45, 2.75) is 44.9 Å². The lowest BCUT2D eigenvalue weighted by atomic mass is 10.0. The fourth-order valence-electron chi connectivity index (χ4n) is 2.18. The van der Waals surface area contributed by atoms with Crippen LogP contribution in [-0.2, 0) is 19.1 Å². The Bertz CT molecular complexity index is 320. The molecule has 1 fully saturated rings. The molecule has 6 heteroatoms. The molecule has 3 atom stereocenters. The third kappa shape index (κ3) is 4.80. The Morgan fingerprint density at radius 2 is 2.05 bits per heavy atom. The Hall–Kier alpha value is -1.14. The lowest BCUT2D eigenvalue weighted by Gasteiger charge is -2.20. The van der Waals surface area contributed by atoms with E-state index in [-0.39, 0.29) is 18.1 Å². The minimum absolute atomic E-state index is 0.0532. The Kier molecular flexibility index (Phi) is 6.24. The summed E-state index contributed by atoms with van der Waals surface area (Å²) in [7, 11) is 2.96. The van der Waals surface area contributed by atoms with Crippen LogP contribution in [0.1, 0.15) is 26.7 Å². The molecule has 0 radical (unpaired) electrons. The van der Waals surface area contributed by atoms with Gasteiger partial charge in [0.2, 0.25) is 5.91 Å². The molecule has 110 valence electrons. The molecule has 0 spiro atoms. The van der Waals surface area contributed by atoms with Crippen molar-refractivity contribution < 1.29 is 19.1 Å². The molecule has 1 aliphatic heterocycles. The first-order valence-electron chi connectivity index (χ1n) is 6.62. The molecule has 0 aromatic rings. The van der Waals surface area contributed by atoms with Crippen LogP contribution in [0.4, 0.5) is 0 Å². The molecule has 6 nitrogen and oxygen atoms in total. The summed E-state index contributed by atoms with van der Waals surface area (Å²) in [6.07, 6.45) is 1.24. The van der Waals surface area contributed by atoms with E-state index in [0.717, 1.165) is 0 Å². The maximum absolute atomic E-state index is 12.1. The Morgan fingerprint density at radius 3 is 2.53 bits per heavy atom. The van der Waals surface area contributed by atoms with Gasteiger partial charge in [0, 0.05) is 13.7 Å². The van der Waals surface area contributed by atoms with Gasteiger partial charge in [-0.3, -0.25) is 4.79 Å². The van der Waals surface area contributed by atoms with Crippen LogP contribution in [0.2, 0.25) is 0 Å². The highest BCUT2D eigenvalue weighted by Gasteiger charge is 2.32. The Balaban J connectivity index is 2.53. The number of methoxy groups -OCH3 is 2. The first-order valence-corrected chi connectivity index (χ1v) is 6.62. The van der Waals surface area contributed by atoms with Gasteiger partial charge in [-0.15, -0.1) is 0 Å². The molecule has 0 aromatic carbocycles. The molecule has 0 aromatic heterocycles. The largest absolute Gasteiger partial charge is 0.467 e. The molecule has 0 bridgehead atoms. The maximum Gasteiger partial charge on any atom is 0.328 e. The van der Waals surface area contributed by atoms with Crippen molar-refractivity contribution in [1.29, 1.82) is 0 Å². The van der Waals surface area contributed by atoms with Crippen LogP contribution in [-0.4, -0.2) is 50.8 Å². The predicted molar refractivity (Wildman–Crippen MR) is 70.6 cm³/mol. The van der Waals surface area contributed by atoms with Gasteiger partial charge in [0.15, 0.2) is 0 Å². The zero-order valence-electron chi connectivity index (χ0n) is 12.1. The highest BCUT2D eigenvalue weighted by molar-refractivity contribution is 5.87. The van der Waals surface area contributed by atoms with Crippen LogP contribution in [0.25, 0.3) is 0 Å². The quantitative estimate of drug-likeness (QED) is 0.669. The van der Waals surface area contributed by atoms with Crippen molar-refractivity contribution in [3.05, 3.63) is 0 Å². The van der Waals surface area contributed by atoms with Gasteiger partial charge in [-0.2, -0.15) is 0 Å². The second kappa shape index (κ2) is 7.45. The van der Waals surface area contributed by atoms with Gasteiger partial charge in [0.1, 0.15) is 6.04 Å². The number of hydrogen-bond donors (Lipinski definition) is 2. The standard InChI is InChI=1S/C13H24N2O4/c1-8(2)5-11(13(17)19-4)15-12(16)10-6-9(18-3)7-14-10/h8-11,14H,5-7H2,1-4H3,(H,15,16)/t9?,10?,11-/m0/s1. The van der Waals surface area contributed by atoms with Crippen molar-refractivity contribution in [3.63, 3.8) is 0 Å². The normalized spacial score (nSPS) is 24.3. The van der Waals surface area contributed by atoms with Crippen molar-refractivity contribution >= 4 is 11.9 Å². The van der Waals surface area contributed by atoms with E-state index in [1.165, 1.54) is 7.11 Å². The topological polar surface area (TPSA) is 76.7 Å². The van der Waals surface area contributed by atoms with Gasteiger partial charge in [-0.05, 0) is 18.8 Å². The molecule has 1 saturated heterocycles. The maximum atomic E-state index is 12.1. The monoisotopic (exact) mass is 272 g/mol. The molecule has 0 saturated carbocycles. The second-order valence-corrected chi connectivity index (χ2v) is 5.27. The Labute approximate surface area is 114 Å². The number of carbonyl (C=O) groups is 2. The van der Waals surface area contributed by atoms with Gasteiger partial charge in [0.25, 0.3) is 0 Å². The SMILES string of the molecule is COC(=O)[C@H](CC(C)C)NC(=O)C1CC(OC)CN1. The Morgan fingerprint density at radius 1 is 1.37 bits per heavy atom. The number of carbonyl (C=O) groups excluding carboxylic acids is 2. The molecular weight excluding hydrogens is 248 g/mol. The predicted octanol–water partition coefficient (Wildman–Crippen LogP) is 0.0672. The summed E-state index contributed by atoms with van der Waals surface area (Å²) < 4.78 is 9.92. The van der Waals surface area contributed by atoms with Gasteiger partial charge >= 0.3 is 5.97 Å². The number of hydrogen-bond acceptors (Lipinski definition) is 5. The minimum atomic E-state index is -0.583. The molecular formula is C13H24N2O4. The van der Waals surface area contributed by atoms with Crippen LogP contribution in [0.5, 0.6) is 0 Å². The van der Waals surface area contributed by atoms with Crippen molar-refractivity contribution in [1.82, 2.24) is 10.6 Å². The summed E-state index contributed by atoms with van der Waals surface area (Å²) in [4.78, 5) is 23.7. The highest BCUT2D eigenvalue weighted by Crippen LogP contribution is 2.11. The average molecular weight is 272 g/mol. The van der Waals surface area contributed by atoms with E-state index in [1.807, 2.05) is 13.8 Å².